The molecular weight excluding hydrogens is 246 g/mol. The molecule has 2 rings (SSSR count). The first-order valence-corrected chi connectivity index (χ1v) is 5.91. The minimum absolute atomic E-state index is 0.553. The van der Waals surface area contributed by atoms with E-state index in [1.54, 1.807) is 12.4 Å². The van der Waals surface area contributed by atoms with E-state index in [0.29, 0.717) is 12.1 Å². The summed E-state index contributed by atoms with van der Waals surface area (Å²) in [7, 11) is 1.88. The first kappa shape index (κ1) is 12.6. The third-order valence-corrected chi connectivity index (χ3v) is 2.98. The molecule has 0 amide bonds. The van der Waals surface area contributed by atoms with Crippen molar-refractivity contribution in [3.8, 4) is 17.2 Å². The van der Waals surface area contributed by atoms with E-state index in [1.165, 1.54) is 0 Å². The zero-order valence-corrected chi connectivity index (χ0v) is 10.7. The molecule has 0 aliphatic heterocycles. The SMILES string of the molecule is CNCc1cc(-c2cncc(C#N)c2)ccc1Cl. The molecule has 2 aromatic rings. The highest BCUT2D eigenvalue weighted by Crippen LogP contribution is 2.25. The van der Waals surface area contributed by atoms with E-state index < -0.39 is 0 Å². The Kier molecular flexibility index (Phi) is 3.93. The summed E-state index contributed by atoms with van der Waals surface area (Å²) in [6.45, 7) is 0.706. The molecule has 0 radical (unpaired) electrons. The summed E-state index contributed by atoms with van der Waals surface area (Å²) in [6, 6.07) is 9.71. The number of aromatic nitrogens is 1. The van der Waals surface area contributed by atoms with Crippen LogP contribution in [0.25, 0.3) is 11.1 Å². The smallest absolute Gasteiger partial charge is 0.101 e. The van der Waals surface area contributed by atoms with Crippen molar-refractivity contribution in [3.05, 3.63) is 52.8 Å². The molecule has 0 unspecified atom stereocenters. The number of rotatable bonds is 3. The van der Waals surface area contributed by atoms with Crippen LogP contribution >= 0.6 is 11.6 Å². The topological polar surface area (TPSA) is 48.7 Å². The molecular formula is C14H12ClN3. The zero-order valence-electron chi connectivity index (χ0n) is 9.94. The Morgan fingerprint density at radius 3 is 2.83 bits per heavy atom. The van der Waals surface area contributed by atoms with Gasteiger partial charge in [-0.1, -0.05) is 17.7 Å². The quantitative estimate of drug-likeness (QED) is 0.920. The average molecular weight is 258 g/mol. The fourth-order valence-corrected chi connectivity index (χ4v) is 1.92. The second-order valence-electron chi connectivity index (χ2n) is 3.91. The Morgan fingerprint density at radius 2 is 2.11 bits per heavy atom. The van der Waals surface area contributed by atoms with E-state index in [2.05, 4.69) is 16.4 Å². The monoisotopic (exact) mass is 257 g/mol. The molecule has 1 N–H and O–H groups in total. The molecule has 1 aromatic heterocycles. The van der Waals surface area contributed by atoms with Gasteiger partial charge in [0.15, 0.2) is 0 Å². The average Bonchev–Trinajstić information content (AvgIpc) is 2.41. The van der Waals surface area contributed by atoms with Gasteiger partial charge in [0, 0.05) is 29.5 Å². The molecule has 0 saturated heterocycles. The second kappa shape index (κ2) is 5.63. The van der Waals surface area contributed by atoms with Gasteiger partial charge in [-0.15, -0.1) is 0 Å². The molecule has 0 atom stereocenters. The Morgan fingerprint density at radius 1 is 1.28 bits per heavy atom. The normalized spacial score (nSPS) is 10.1. The predicted molar refractivity (Wildman–Crippen MR) is 72.2 cm³/mol. The molecule has 90 valence electrons. The van der Waals surface area contributed by atoms with Crippen molar-refractivity contribution in [2.45, 2.75) is 6.54 Å². The van der Waals surface area contributed by atoms with Crippen LogP contribution in [-0.2, 0) is 6.54 Å². The molecule has 0 aliphatic carbocycles. The highest BCUT2D eigenvalue weighted by atomic mass is 35.5. The Balaban J connectivity index is 2.44. The van der Waals surface area contributed by atoms with Crippen molar-refractivity contribution in [3.63, 3.8) is 0 Å². The lowest BCUT2D eigenvalue weighted by Crippen LogP contribution is -2.05. The molecule has 3 nitrogen and oxygen atoms in total. The fourth-order valence-electron chi connectivity index (χ4n) is 1.74. The van der Waals surface area contributed by atoms with Gasteiger partial charge in [0.25, 0.3) is 0 Å². The number of nitrogens with zero attached hydrogens (tertiary/aromatic N) is 2. The van der Waals surface area contributed by atoms with Gasteiger partial charge in [-0.2, -0.15) is 5.26 Å². The number of hydrogen-bond donors (Lipinski definition) is 1. The van der Waals surface area contributed by atoms with Crippen molar-refractivity contribution in [2.24, 2.45) is 0 Å². The van der Waals surface area contributed by atoms with Crippen molar-refractivity contribution in [1.29, 1.82) is 5.26 Å². The third-order valence-electron chi connectivity index (χ3n) is 2.61. The lowest BCUT2D eigenvalue weighted by Gasteiger charge is -2.07. The number of halogens is 1. The van der Waals surface area contributed by atoms with Gasteiger partial charge in [-0.25, -0.2) is 0 Å². The number of pyridine rings is 1. The highest BCUT2D eigenvalue weighted by Gasteiger charge is 2.04. The Labute approximate surface area is 111 Å². The van der Waals surface area contributed by atoms with Crippen molar-refractivity contribution in [2.75, 3.05) is 7.05 Å². The van der Waals surface area contributed by atoms with Gasteiger partial charge >= 0.3 is 0 Å². The van der Waals surface area contributed by atoms with Crippen LogP contribution in [0.1, 0.15) is 11.1 Å². The van der Waals surface area contributed by atoms with E-state index in [1.807, 2.05) is 31.3 Å². The van der Waals surface area contributed by atoms with Gasteiger partial charge in [0.1, 0.15) is 6.07 Å². The van der Waals surface area contributed by atoms with Crippen molar-refractivity contribution >= 4 is 11.6 Å². The summed E-state index contributed by atoms with van der Waals surface area (Å²) >= 11 is 6.11. The molecule has 0 aliphatic rings. The van der Waals surface area contributed by atoms with E-state index in [9.17, 15) is 0 Å². The maximum atomic E-state index is 8.87. The molecule has 1 heterocycles. The van der Waals surface area contributed by atoms with Crippen molar-refractivity contribution < 1.29 is 0 Å². The first-order chi connectivity index (χ1) is 8.74. The summed E-state index contributed by atoms with van der Waals surface area (Å²) in [5.41, 5.74) is 3.51. The van der Waals surface area contributed by atoms with Gasteiger partial charge in [0.2, 0.25) is 0 Å². The maximum Gasteiger partial charge on any atom is 0.101 e. The van der Waals surface area contributed by atoms with Gasteiger partial charge in [0.05, 0.1) is 5.56 Å². The summed E-state index contributed by atoms with van der Waals surface area (Å²) in [6.07, 6.45) is 3.29. The predicted octanol–water partition coefficient (Wildman–Crippen LogP) is 2.99. The maximum absolute atomic E-state index is 8.87. The van der Waals surface area contributed by atoms with Crippen LogP contribution in [0.3, 0.4) is 0 Å². The first-order valence-electron chi connectivity index (χ1n) is 5.53. The lowest BCUT2D eigenvalue weighted by molar-refractivity contribution is 0.818. The van der Waals surface area contributed by atoms with Crippen LogP contribution in [0.4, 0.5) is 0 Å². The van der Waals surface area contributed by atoms with E-state index >= 15 is 0 Å². The highest BCUT2D eigenvalue weighted by molar-refractivity contribution is 6.31. The minimum atomic E-state index is 0.553. The molecule has 0 spiro atoms. The number of nitriles is 1. The standard InChI is InChI=1S/C14H12ClN3/c1-17-8-13-5-11(2-3-14(13)15)12-4-10(6-16)7-18-9-12/h2-5,7,9,17H,8H2,1H3. The number of hydrogen-bond acceptors (Lipinski definition) is 3. The zero-order chi connectivity index (χ0) is 13.0. The molecule has 0 bridgehead atoms. The van der Waals surface area contributed by atoms with Crippen LogP contribution in [0.2, 0.25) is 5.02 Å². The van der Waals surface area contributed by atoms with Gasteiger partial charge < -0.3 is 5.32 Å². The van der Waals surface area contributed by atoms with Crippen LogP contribution in [-0.4, -0.2) is 12.0 Å². The summed E-state index contributed by atoms with van der Waals surface area (Å²) < 4.78 is 0. The van der Waals surface area contributed by atoms with E-state index in [-0.39, 0.29) is 0 Å². The summed E-state index contributed by atoms with van der Waals surface area (Å²) in [5.74, 6) is 0. The fraction of sp³-hybridized carbons (Fsp3) is 0.143. The summed E-state index contributed by atoms with van der Waals surface area (Å²) in [5, 5.41) is 12.7. The molecule has 18 heavy (non-hydrogen) atoms. The Bertz CT molecular complexity index is 602. The summed E-state index contributed by atoms with van der Waals surface area (Å²) in [4.78, 5) is 4.06. The van der Waals surface area contributed by atoms with Gasteiger partial charge in [-0.3, -0.25) is 4.98 Å². The largest absolute Gasteiger partial charge is 0.316 e. The molecule has 0 saturated carbocycles. The van der Waals surface area contributed by atoms with Crippen molar-refractivity contribution in [1.82, 2.24) is 10.3 Å². The molecule has 1 aromatic carbocycles. The second-order valence-corrected chi connectivity index (χ2v) is 4.32. The van der Waals surface area contributed by atoms with Crippen LogP contribution in [0.15, 0.2) is 36.7 Å². The van der Waals surface area contributed by atoms with E-state index in [0.717, 1.165) is 21.7 Å². The minimum Gasteiger partial charge on any atom is -0.316 e. The molecule has 4 heteroatoms. The number of nitrogens with one attached hydrogen (secondary N) is 1. The van der Waals surface area contributed by atoms with E-state index in [4.69, 9.17) is 16.9 Å². The van der Waals surface area contributed by atoms with Gasteiger partial charge in [-0.05, 0) is 36.4 Å². The van der Waals surface area contributed by atoms with Crippen LogP contribution in [0, 0.1) is 11.3 Å². The molecule has 0 fully saturated rings. The lowest BCUT2D eigenvalue weighted by atomic mass is 10.0. The van der Waals surface area contributed by atoms with Crippen LogP contribution in [0.5, 0.6) is 0 Å². The third kappa shape index (κ3) is 2.67. The number of benzene rings is 1. The Hall–Kier alpha value is -1.89. The van der Waals surface area contributed by atoms with Crippen LogP contribution < -0.4 is 5.32 Å².